The average Bonchev–Trinajstić information content (AvgIpc) is 1.85. The van der Waals surface area contributed by atoms with Crippen molar-refractivity contribution in [3.05, 3.63) is 0 Å². The first-order valence-corrected chi connectivity index (χ1v) is 3.12. The molecular weight excluding hydrogens is 172 g/mol. The molecule has 0 bridgehead atoms. The molecule has 0 fully saturated rings. The summed E-state index contributed by atoms with van der Waals surface area (Å²) in [5.74, 6) is 0. The Morgan fingerprint density at radius 1 is 1.00 bits per heavy atom. The first-order chi connectivity index (χ1) is 4.54. The Bertz CT molecular complexity index is 53.8. The maximum Gasteiger partial charge on any atom is 0.100 e. The van der Waals surface area contributed by atoms with Gasteiger partial charge in [-0.25, -0.2) is 0 Å². The van der Waals surface area contributed by atoms with Crippen molar-refractivity contribution in [2.45, 2.75) is 26.1 Å². The maximum absolute atomic E-state index is 8.17. The van der Waals surface area contributed by atoms with E-state index in [9.17, 15) is 0 Å². The molecular formula is C6H17ClO4. The van der Waals surface area contributed by atoms with Crippen LogP contribution in [0.4, 0.5) is 0 Å². The third-order valence-electron chi connectivity index (χ3n) is 0.421. The molecule has 0 aliphatic rings. The van der Waals surface area contributed by atoms with Gasteiger partial charge in [-0.3, -0.25) is 0 Å². The smallest absolute Gasteiger partial charge is 0.100 e. The van der Waals surface area contributed by atoms with Gasteiger partial charge in [0, 0.05) is 6.10 Å². The molecule has 0 saturated carbocycles. The molecule has 4 N–H and O–H groups in total. The highest BCUT2D eigenvalue weighted by molar-refractivity contribution is 5.85. The average molecular weight is 189 g/mol. The van der Waals surface area contributed by atoms with Crippen molar-refractivity contribution in [2.75, 3.05) is 13.2 Å². The van der Waals surface area contributed by atoms with E-state index in [0.717, 1.165) is 0 Å². The summed E-state index contributed by atoms with van der Waals surface area (Å²) in [5.41, 5.74) is 0. The van der Waals surface area contributed by atoms with Gasteiger partial charge in [-0.15, -0.1) is 12.4 Å². The lowest BCUT2D eigenvalue weighted by Gasteiger charge is -1.96. The van der Waals surface area contributed by atoms with Crippen LogP contribution in [0.15, 0.2) is 0 Å². The number of aliphatic hydroxyl groups is 4. The van der Waals surface area contributed by atoms with Crippen molar-refractivity contribution in [3.63, 3.8) is 0 Å². The van der Waals surface area contributed by atoms with Gasteiger partial charge in [0.15, 0.2) is 0 Å². The molecule has 0 atom stereocenters. The molecule has 0 aliphatic carbocycles. The van der Waals surface area contributed by atoms with Gasteiger partial charge >= 0.3 is 0 Å². The van der Waals surface area contributed by atoms with Gasteiger partial charge in [0.25, 0.3) is 0 Å². The van der Waals surface area contributed by atoms with Crippen molar-refractivity contribution in [1.29, 1.82) is 0 Å². The van der Waals surface area contributed by atoms with Crippen molar-refractivity contribution >= 4 is 12.4 Å². The van der Waals surface area contributed by atoms with E-state index in [0.29, 0.717) is 0 Å². The summed E-state index contributed by atoms with van der Waals surface area (Å²) in [5, 5.41) is 32.1. The fourth-order valence-corrected chi connectivity index (χ4v) is 0.0577. The topological polar surface area (TPSA) is 80.9 Å². The monoisotopic (exact) mass is 188 g/mol. The Morgan fingerprint density at radius 2 is 1.18 bits per heavy atom. The highest BCUT2D eigenvalue weighted by atomic mass is 35.5. The normalized spacial score (nSPS) is 8.73. The van der Waals surface area contributed by atoms with Crippen LogP contribution in [0.1, 0.15) is 13.8 Å². The highest BCUT2D eigenvalue weighted by Gasteiger charge is 1.93. The van der Waals surface area contributed by atoms with E-state index in [2.05, 4.69) is 0 Å². The van der Waals surface area contributed by atoms with Gasteiger partial charge in [-0.1, -0.05) is 0 Å². The SMILES string of the molecule is CC(C)O.Cl.OCC(O)CO. The van der Waals surface area contributed by atoms with Crippen LogP contribution in [-0.4, -0.2) is 45.8 Å². The Morgan fingerprint density at radius 3 is 1.18 bits per heavy atom. The molecule has 0 spiro atoms. The van der Waals surface area contributed by atoms with Gasteiger partial charge in [0.05, 0.1) is 13.2 Å². The van der Waals surface area contributed by atoms with Gasteiger partial charge < -0.3 is 20.4 Å². The van der Waals surface area contributed by atoms with Crippen molar-refractivity contribution in [3.8, 4) is 0 Å². The fourth-order valence-electron chi connectivity index (χ4n) is 0.0577. The highest BCUT2D eigenvalue weighted by Crippen LogP contribution is 1.71. The van der Waals surface area contributed by atoms with Crippen LogP contribution in [0.5, 0.6) is 0 Å². The first-order valence-electron chi connectivity index (χ1n) is 3.12. The minimum atomic E-state index is -0.954. The maximum atomic E-state index is 8.17. The quantitative estimate of drug-likeness (QED) is 0.455. The molecule has 0 aromatic rings. The van der Waals surface area contributed by atoms with E-state index >= 15 is 0 Å². The zero-order valence-electron chi connectivity index (χ0n) is 6.77. The summed E-state index contributed by atoms with van der Waals surface area (Å²) < 4.78 is 0. The van der Waals surface area contributed by atoms with Crippen LogP contribution in [0.25, 0.3) is 0 Å². The van der Waals surface area contributed by atoms with Crippen LogP contribution in [0.2, 0.25) is 0 Å². The second kappa shape index (κ2) is 12.8. The molecule has 72 valence electrons. The van der Waals surface area contributed by atoms with E-state index in [4.69, 9.17) is 20.4 Å². The molecule has 0 heterocycles. The van der Waals surface area contributed by atoms with Crippen molar-refractivity contribution in [1.82, 2.24) is 0 Å². The van der Waals surface area contributed by atoms with Crippen LogP contribution < -0.4 is 0 Å². The van der Waals surface area contributed by atoms with Crippen LogP contribution in [-0.2, 0) is 0 Å². The Hall–Kier alpha value is 0.130. The predicted octanol–water partition coefficient (Wildman–Crippen LogP) is -0.859. The molecule has 0 aromatic carbocycles. The molecule has 0 saturated heterocycles. The zero-order valence-corrected chi connectivity index (χ0v) is 7.58. The lowest BCUT2D eigenvalue weighted by molar-refractivity contribution is 0.0450. The lowest BCUT2D eigenvalue weighted by atomic mass is 10.4. The number of rotatable bonds is 2. The van der Waals surface area contributed by atoms with E-state index in [1.165, 1.54) is 0 Å². The van der Waals surface area contributed by atoms with Gasteiger partial charge in [0.2, 0.25) is 0 Å². The number of hydrogen-bond donors (Lipinski definition) is 4. The lowest BCUT2D eigenvalue weighted by Crippen LogP contribution is -2.15. The van der Waals surface area contributed by atoms with Crippen LogP contribution in [0, 0.1) is 0 Å². The fraction of sp³-hybridized carbons (Fsp3) is 1.00. The molecule has 0 aliphatic heterocycles. The van der Waals surface area contributed by atoms with Crippen molar-refractivity contribution in [2.24, 2.45) is 0 Å². The molecule has 0 unspecified atom stereocenters. The van der Waals surface area contributed by atoms with Gasteiger partial charge in [0.1, 0.15) is 6.10 Å². The van der Waals surface area contributed by atoms with Gasteiger partial charge in [-0.2, -0.15) is 0 Å². The molecule has 5 heteroatoms. The van der Waals surface area contributed by atoms with Crippen molar-refractivity contribution < 1.29 is 20.4 Å². The Kier molecular flexibility index (Phi) is 20.1. The summed E-state index contributed by atoms with van der Waals surface area (Å²) >= 11 is 0. The number of halogens is 1. The van der Waals surface area contributed by atoms with E-state index < -0.39 is 6.10 Å². The third-order valence-corrected chi connectivity index (χ3v) is 0.421. The largest absolute Gasteiger partial charge is 0.394 e. The second-order valence-electron chi connectivity index (χ2n) is 2.11. The van der Waals surface area contributed by atoms with E-state index in [1.54, 1.807) is 13.8 Å². The van der Waals surface area contributed by atoms with E-state index in [1.807, 2.05) is 0 Å². The second-order valence-corrected chi connectivity index (χ2v) is 2.11. The predicted molar refractivity (Wildman–Crippen MR) is 44.8 cm³/mol. The summed E-state index contributed by atoms with van der Waals surface area (Å²) in [6, 6.07) is 0. The Balaban J connectivity index is -0.000000114. The minimum absolute atomic E-state index is 0. The zero-order chi connectivity index (χ0) is 8.57. The van der Waals surface area contributed by atoms with Crippen LogP contribution >= 0.6 is 12.4 Å². The summed E-state index contributed by atoms with van der Waals surface area (Å²) in [6.45, 7) is 2.72. The van der Waals surface area contributed by atoms with E-state index in [-0.39, 0.29) is 31.7 Å². The number of hydrogen-bond acceptors (Lipinski definition) is 4. The molecule has 0 radical (unpaired) electrons. The standard InChI is InChI=1S/C3H8O3.C3H8O.ClH/c4-1-3(6)2-5;1-3(2)4;/h3-6H,1-2H2;3-4H,1-2H3;1H. The molecule has 0 aromatic heterocycles. The molecule has 0 rings (SSSR count). The number of aliphatic hydroxyl groups excluding tert-OH is 4. The summed E-state index contributed by atoms with van der Waals surface area (Å²) in [4.78, 5) is 0. The first kappa shape index (κ1) is 17.3. The molecule has 4 nitrogen and oxygen atoms in total. The summed E-state index contributed by atoms with van der Waals surface area (Å²) in [6.07, 6.45) is -1.12. The van der Waals surface area contributed by atoms with Gasteiger partial charge in [-0.05, 0) is 13.8 Å². The Labute approximate surface area is 72.9 Å². The van der Waals surface area contributed by atoms with Crippen LogP contribution in [0.3, 0.4) is 0 Å². The third kappa shape index (κ3) is 39.3. The minimum Gasteiger partial charge on any atom is -0.394 e. The summed E-state index contributed by atoms with van der Waals surface area (Å²) in [7, 11) is 0. The molecule has 0 amide bonds. The molecule has 11 heavy (non-hydrogen) atoms.